The molecule has 0 unspecified atom stereocenters. The minimum Gasteiger partial charge on any atom is -0.395 e. The zero-order valence-electron chi connectivity index (χ0n) is 9.44. The lowest BCUT2D eigenvalue weighted by molar-refractivity contribution is 0.184. The van der Waals surface area contributed by atoms with E-state index in [1.807, 2.05) is 0 Å². The second-order valence-corrected chi connectivity index (χ2v) is 3.58. The summed E-state index contributed by atoms with van der Waals surface area (Å²) in [6.07, 6.45) is 2.27. The molecule has 0 aliphatic heterocycles. The first kappa shape index (κ1) is 12.1. The Bertz CT molecular complexity index is 275. The summed E-state index contributed by atoms with van der Waals surface area (Å²) in [5.41, 5.74) is 0. The van der Waals surface area contributed by atoms with Gasteiger partial charge in [0, 0.05) is 13.5 Å². The fraction of sp³-hybridized carbons (Fsp3) is 0.800. The fourth-order valence-corrected chi connectivity index (χ4v) is 1.40. The molecule has 1 aromatic rings. The van der Waals surface area contributed by atoms with E-state index in [1.54, 1.807) is 6.92 Å². The minimum atomic E-state index is 0.167. The van der Waals surface area contributed by atoms with Gasteiger partial charge < -0.3 is 9.63 Å². The molecule has 0 radical (unpaired) electrons. The van der Waals surface area contributed by atoms with E-state index in [4.69, 9.17) is 9.63 Å². The first-order valence-electron chi connectivity index (χ1n) is 5.38. The Morgan fingerprint density at radius 3 is 2.73 bits per heavy atom. The lowest BCUT2D eigenvalue weighted by atomic mass is 10.3. The molecule has 1 rings (SSSR count). The highest BCUT2D eigenvalue weighted by atomic mass is 16.5. The van der Waals surface area contributed by atoms with Gasteiger partial charge in [0.25, 0.3) is 0 Å². The van der Waals surface area contributed by atoms with Crippen LogP contribution in [0.15, 0.2) is 4.52 Å². The Hall–Kier alpha value is -0.940. The average Bonchev–Trinajstić information content (AvgIpc) is 2.61. The Morgan fingerprint density at radius 1 is 1.40 bits per heavy atom. The second kappa shape index (κ2) is 6.53. The van der Waals surface area contributed by atoms with Crippen LogP contribution in [-0.4, -0.2) is 39.8 Å². The summed E-state index contributed by atoms with van der Waals surface area (Å²) >= 11 is 0. The SMILES string of the molecule is CCCCN(CCO)Cc1noc(C)n1. The Balaban J connectivity index is 2.42. The van der Waals surface area contributed by atoms with Crippen LogP contribution in [-0.2, 0) is 6.54 Å². The average molecular weight is 213 g/mol. The van der Waals surface area contributed by atoms with Crippen LogP contribution in [0.3, 0.4) is 0 Å². The summed E-state index contributed by atoms with van der Waals surface area (Å²) in [4.78, 5) is 6.27. The van der Waals surface area contributed by atoms with Gasteiger partial charge in [0.2, 0.25) is 5.89 Å². The summed E-state index contributed by atoms with van der Waals surface area (Å²) in [6, 6.07) is 0. The molecule has 0 fully saturated rings. The van der Waals surface area contributed by atoms with Gasteiger partial charge >= 0.3 is 0 Å². The third kappa shape index (κ3) is 4.40. The van der Waals surface area contributed by atoms with E-state index in [2.05, 4.69) is 22.0 Å². The van der Waals surface area contributed by atoms with Crippen molar-refractivity contribution in [1.82, 2.24) is 15.0 Å². The van der Waals surface area contributed by atoms with Crippen LogP contribution in [0.1, 0.15) is 31.5 Å². The van der Waals surface area contributed by atoms with E-state index >= 15 is 0 Å². The number of aryl methyl sites for hydroxylation is 1. The van der Waals surface area contributed by atoms with Crippen molar-refractivity contribution in [3.63, 3.8) is 0 Å². The smallest absolute Gasteiger partial charge is 0.223 e. The number of hydrogen-bond donors (Lipinski definition) is 1. The molecule has 15 heavy (non-hydrogen) atoms. The molecular weight excluding hydrogens is 194 g/mol. The quantitative estimate of drug-likeness (QED) is 0.731. The molecule has 0 saturated carbocycles. The van der Waals surface area contributed by atoms with E-state index in [-0.39, 0.29) is 6.61 Å². The van der Waals surface area contributed by atoms with E-state index in [0.29, 0.717) is 24.8 Å². The monoisotopic (exact) mass is 213 g/mol. The van der Waals surface area contributed by atoms with Crippen molar-refractivity contribution in [3.8, 4) is 0 Å². The van der Waals surface area contributed by atoms with Crippen LogP contribution in [0.4, 0.5) is 0 Å². The number of aliphatic hydroxyl groups is 1. The van der Waals surface area contributed by atoms with Gasteiger partial charge in [-0.05, 0) is 13.0 Å². The molecule has 0 spiro atoms. The van der Waals surface area contributed by atoms with Gasteiger partial charge in [0.1, 0.15) is 0 Å². The highest BCUT2D eigenvalue weighted by Gasteiger charge is 2.09. The van der Waals surface area contributed by atoms with Crippen molar-refractivity contribution < 1.29 is 9.63 Å². The zero-order chi connectivity index (χ0) is 11.1. The summed E-state index contributed by atoms with van der Waals surface area (Å²) in [6.45, 7) is 6.37. The minimum absolute atomic E-state index is 0.167. The molecule has 0 saturated heterocycles. The van der Waals surface area contributed by atoms with Crippen LogP contribution in [0.5, 0.6) is 0 Å². The molecule has 1 heterocycles. The van der Waals surface area contributed by atoms with Crippen molar-refractivity contribution in [3.05, 3.63) is 11.7 Å². The molecule has 1 aromatic heterocycles. The van der Waals surface area contributed by atoms with E-state index in [9.17, 15) is 0 Å². The van der Waals surface area contributed by atoms with E-state index in [1.165, 1.54) is 0 Å². The molecular formula is C10H19N3O2. The van der Waals surface area contributed by atoms with Crippen LogP contribution < -0.4 is 0 Å². The van der Waals surface area contributed by atoms with Gasteiger partial charge in [0.05, 0.1) is 13.2 Å². The molecule has 0 atom stereocenters. The van der Waals surface area contributed by atoms with Gasteiger partial charge in [0.15, 0.2) is 5.82 Å². The van der Waals surface area contributed by atoms with Gasteiger partial charge in [-0.25, -0.2) is 0 Å². The maximum Gasteiger partial charge on any atom is 0.223 e. The predicted octanol–water partition coefficient (Wildman–Crippen LogP) is 0.972. The topological polar surface area (TPSA) is 62.4 Å². The van der Waals surface area contributed by atoms with Crippen LogP contribution >= 0.6 is 0 Å². The van der Waals surface area contributed by atoms with Crippen LogP contribution in [0.2, 0.25) is 0 Å². The molecule has 0 aliphatic carbocycles. The van der Waals surface area contributed by atoms with Crippen molar-refractivity contribution in [2.24, 2.45) is 0 Å². The lowest BCUT2D eigenvalue weighted by Gasteiger charge is -2.18. The molecule has 86 valence electrons. The zero-order valence-corrected chi connectivity index (χ0v) is 9.44. The highest BCUT2D eigenvalue weighted by molar-refractivity contribution is 4.83. The van der Waals surface area contributed by atoms with Crippen LogP contribution in [0.25, 0.3) is 0 Å². The lowest BCUT2D eigenvalue weighted by Crippen LogP contribution is -2.28. The number of unbranched alkanes of at least 4 members (excludes halogenated alkanes) is 1. The molecule has 5 heteroatoms. The van der Waals surface area contributed by atoms with Gasteiger partial charge in [-0.1, -0.05) is 18.5 Å². The van der Waals surface area contributed by atoms with E-state index < -0.39 is 0 Å². The number of nitrogens with zero attached hydrogens (tertiary/aromatic N) is 3. The molecule has 0 amide bonds. The largest absolute Gasteiger partial charge is 0.395 e. The van der Waals surface area contributed by atoms with Crippen molar-refractivity contribution in [1.29, 1.82) is 0 Å². The Labute approximate surface area is 90.1 Å². The molecule has 5 nitrogen and oxygen atoms in total. The van der Waals surface area contributed by atoms with Gasteiger partial charge in [-0.2, -0.15) is 4.98 Å². The summed E-state index contributed by atoms with van der Waals surface area (Å²) in [5, 5.41) is 12.7. The first-order valence-corrected chi connectivity index (χ1v) is 5.38. The highest BCUT2D eigenvalue weighted by Crippen LogP contribution is 2.02. The number of hydrogen-bond acceptors (Lipinski definition) is 5. The number of aliphatic hydroxyl groups excluding tert-OH is 1. The third-order valence-electron chi connectivity index (χ3n) is 2.18. The summed E-state index contributed by atoms with van der Waals surface area (Å²) in [5.74, 6) is 1.28. The maximum absolute atomic E-state index is 8.91. The predicted molar refractivity (Wildman–Crippen MR) is 56.3 cm³/mol. The number of rotatable bonds is 7. The Morgan fingerprint density at radius 2 is 2.20 bits per heavy atom. The van der Waals surface area contributed by atoms with E-state index in [0.717, 1.165) is 19.4 Å². The molecule has 0 bridgehead atoms. The molecule has 1 N–H and O–H groups in total. The van der Waals surface area contributed by atoms with Crippen molar-refractivity contribution >= 4 is 0 Å². The summed E-state index contributed by atoms with van der Waals surface area (Å²) in [7, 11) is 0. The standard InChI is InChI=1S/C10H19N3O2/c1-3-4-5-13(6-7-14)8-10-11-9(2)15-12-10/h14H,3-8H2,1-2H3. The molecule has 0 aliphatic rings. The third-order valence-corrected chi connectivity index (χ3v) is 2.18. The second-order valence-electron chi connectivity index (χ2n) is 3.58. The fourth-order valence-electron chi connectivity index (χ4n) is 1.40. The van der Waals surface area contributed by atoms with Gasteiger partial charge in [-0.15, -0.1) is 0 Å². The number of aromatic nitrogens is 2. The maximum atomic E-state index is 8.91. The van der Waals surface area contributed by atoms with Crippen LogP contribution in [0, 0.1) is 6.92 Å². The first-order chi connectivity index (χ1) is 7.26. The van der Waals surface area contributed by atoms with Crippen molar-refractivity contribution in [2.45, 2.75) is 33.2 Å². The van der Waals surface area contributed by atoms with Gasteiger partial charge in [-0.3, -0.25) is 4.90 Å². The van der Waals surface area contributed by atoms with Crippen molar-refractivity contribution in [2.75, 3.05) is 19.7 Å². The Kier molecular flexibility index (Phi) is 5.28. The normalized spacial score (nSPS) is 11.2. The summed E-state index contributed by atoms with van der Waals surface area (Å²) < 4.78 is 4.90. The molecule has 0 aromatic carbocycles.